The van der Waals surface area contributed by atoms with Crippen LogP contribution in [0.2, 0.25) is 0 Å². The van der Waals surface area contributed by atoms with Crippen LogP contribution in [0.1, 0.15) is 36.1 Å². The fraction of sp³-hybridized carbons (Fsp3) is 0.278. The lowest BCUT2D eigenvalue weighted by Crippen LogP contribution is -2.05. The molecule has 2 aromatic rings. The average Bonchev–Trinajstić information content (AvgIpc) is 2.92. The number of nitrogens with zero attached hydrogens (tertiary/aromatic N) is 1. The second-order valence-corrected chi connectivity index (χ2v) is 5.05. The van der Waals surface area contributed by atoms with E-state index in [-0.39, 0.29) is 6.10 Å². The predicted molar refractivity (Wildman–Crippen MR) is 80.5 cm³/mol. The van der Waals surface area contributed by atoms with Gasteiger partial charge in [0, 0.05) is 6.07 Å². The van der Waals surface area contributed by atoms with Crippen LogP contribution >= 0.6 is 0 Å². The van der Waals surface area contributed by atoms with Gasteiger partial charge >= 0.3 is 0 Å². The molecule has 0 fully saturated rings. The molecule has 0 N–H and O–H groups in total. The van der Waals surface area contributed by atoms with Crippen molar-refractivity contribution in [3.8, 4) is 17.6 Å². The molecule has 0 aromatic heterocycles. The number of fused-ring (bicyclic) bond motifs is 1. The summed E-state index contributed by atoms with van der Waals surface area (Å²) in [7, 11) is 0. The second kappa shape index (κ2) is 5.88. The Morgan fingerprint density at radius 3 is 2.86 bits per heavy atom. The number of hydrogen-bond acceptors (Lipinski definition) is 3. The first-order valence-corrected chi connectivity index (χ1v) is 7.23. The molecular weight excluding hydrogens is 262 g/mol. The van der Waals surface area contributed by atoms with Crippen LogP contribution < -0.4 is 9.47 Å². The molecule has 3 heteroatoms. The Bertz CT molecular complexity index is 688. The van der Waals surface area contributed by atoms with Crippen molar-refractivity contribution in [3.05, 3.63) is 59.2 Å². The van der Waals surface area contributed by atoms with Crippen molar-refractivity contribution in [3.63, 3.8) is 0 Å². The molecule has 0 radical (unpaired) electrons. The van der Waals surface area contributed by atoms with E-state index < -0.39 is 0 Å². The van der Waals surface area contributed by atoms with Crippen LogP contribution in [0, 0.1) is 11.3 Å². The first-order chi connectivity index (χ1) is 10.3. The maximum absolute atomic E-state index is 8.99. The van der Waals surface area contributed by atoms with Crippen LogP contribution in [0.25, 0.3) is 0 Å². The van der Waals surface area contributed by atoms with Crippen LogP contribution in [-0.4, -0.2) is 6.61 Å². The molecule has 0 bridgehead atoms. The van der Waals surface area contributed by atoms with Gasteiger partial charge in [-0.1, -0.05) is 24.3 Å². The van der Waals surface area contributed by atoms with Crippen molar-refractivity contribution in [1.29, 1.82) is 5.26 Å². The van der Waals surface area contributed by atoms with Crippen molar-refractivity contribution in [1.82, 2.24) is 0 Å². The molecule has 0 saturated heterocycles. The Morgan fingerprint density at radius 2 is 2.05 bits per heavy atom. The molecular formula is C18H17NO2. The molecule has 1 aliphatic carbocycles. The predicted octanol–water partition coefficient (Wildman–Crippen LogP) is 4.02. The zero-order valence-electron chi connectivity index (χ0n) is 12.0. The van der Waals surface area contributed by atoms with E-state index in [0.717, 1.165) is 12.8 Å². The van der Waals surface area contributed by atoms with Crippen LogP contribution in [0.5, 0.6) is 11.5 Å². The van der Waals surface area contributed by atoms with Crippen molar-refractivity contribution in [2.75, 3.05) is 6.61 Å². The summed E-state index contributed by atoms with van der Waals surface area (Å²) in [5.74, 6) is 1.35. The Morgan fingerprint density at radius 1 is 1.19 bits per heavy atom. The molecule has 0 amide bonds. The van der Waals surface area contributed by atoms with Gasteiger partial charge in [-0.15, -0.1) is 0 Å². The molecule has 0 saturated carbocycles. The van der Waals surface area contributed by atoms with E-state index in [0.29, 0.717) is 23.7 Å². The molecule has 2 aromatic carbocycles. The molecule has 3 rings (SSSR count). The minimum atomic E-state index is 0.0633. The summed E-state index contributed by atoms with van der Waals surface area (Å²) in [6.45, 7) is 2.47. The van der Waals surface area contributed by atoms with E-state index in [1.165, 1.54) is 11.1 Å². The Hall–Kier alpha value is -2.47. The monoisotopic (exact) mass is 279 g/mol. The van der Waals surface area contributed by atoms with Gasteiger partial charge in [-0.3, -0.25) is 0 Å². The lowest BCUT2D eigenvalue weighted by molar-refractivity contribution is 0.194. The maximum Gasteiger partial charge on any atom is 0.162 e. The number of ether oxygens (including phenoxy) is 2. The molecule has 0 spiro atoms. The Kier molecular flexibility index (Phi) is 3.79. The third kappa shape index (κ3) is 2.71. The first kappa shape index (κ1) is 13.5. The zero-order valence-corrected chi connectivity index (χ0v) is 12.0. The standard InChI is InChI=1S/C18H17NO2/c1-2-20-18-11-13(12-19)7-9-17(18)21-16-10-8-14-5-3-4-6-15(14)16/h3-7,9,11,16H,2,8,10H2,1H3. The SMILES string of the molecule is CCOc1cc(C#N)ccc1OC1CCc2ccccc21. The number of nitriles is 1. The second-order valence-electron chi connectivity index (χ2n) is 5.05. The van der Waals surface area contributed by atoms with Crippen molar-refractivity contribution in [2.45, 2.75) is 25.9 Å². The minimum Gasteiger partial charge on any atom is -0.490 e. The first-order valence-electron chi connectivity index (χ1n) is 7.23. The minimum absolute atomic E-state index is 0.0633. The van der Waals surface area contributed by atoms with Crippen molar-refractivity contribution >= 4 is 0 Å². The van der Waals surface area contributed by atoms with E-state index >= 15 is 0 Å². The molecule has 1 unspecified atom stereocenters. The summed E-state index contributed by atoms with van der Waals surface area (Å²) in [5, 5.41) is 8.99. The third-order valence-electron chi connectivity index (χ3n) is 3.72. The molecule has 21 heavy (non-hydrogen) atoms. The summed E-state index contributed by atoms with van der Waals surface area (Å²) in [6.07, 6.45) is 2.08. The summed E-state index contributed by atoms with van der Waals surface area (Å²) < 4.78 is 11.8. The summed E-state index contributed by atoms with van der Waals surface area (Å²) in [6, 6.07) is 15.8. The van der Waals surface area contributed by atoms with Gasteiger partial charge in [-0.25, -0.2) is 0 Å². The van der Waals surface area contributed by atoms with Gasteiger partial charge in [0.25, 0.3) is 0 Å². The zero-order chi connectivity index (χ0) is 14.7. The topological polar surface area (TPSA) is 42.2 Å². The van der Waals surface area contributed by atoms with E-state index in [1.807, 2.05) is 19.1 Å². The Balaban J connectivity index is 1.87. The van der Waals surface area contributed by atoms with Crippen molar-refractivity contribution < 1.29 is 9.47 Å². The number of hydrogen-bond donors (Lipinski definition) is 0. The van der Waals surface area contributed by atoms with Gasteiger partial charge in [0.2, 0.25) is 0 Å². The van der Waals surface area contributed by atoms with Gasteiger partial charge < -0.3 is 9.47 Å². The summed E-state index contributed by atoms with van der Waals surface area (Å²) in [4.78, 5) is 0. The summed E-state index contributed by atoms with van der Waals surface area (Å²) in [5.41, 5.74) is 3.19. The molecule has 0 aliphatic heterocycles. The molecule has 1 aliphatic rings. The summed E-state index contributed by atoms with van der Waals surface area (Å²) >= 11 is 0. The highest BCUT2D eigenvalue weighted by Crippen LogP contribution is 2.38. The lowest BCUT2D eigenvalue weighted by Gasteiger charge is -2.18. The van der Waals surface area contributed by atoms with Crippen LogP contribution in [0.15, 0.2) is 42.5 Å². The van der Waals surface area contributed by atoms with Gasteiger partial charge in [0.05, 0.1) is 18.2 Å². The smallest absolute Gasteiger partial charge is 0.162 e. The van der Waals surface area contributed by atoms with Gasteiger partial charge in [-0.2, -0.15) is 5.26 Å². The average molecular weight is 279 g/mol. The highest BCUT2D eigenvalue weighted by atomic mass is 16.5. The van der Waals surface area contributed by atoms with E-state index in [2.05, 4.69) is 24.3 Å². The largest absolute Gasteiger partial charge is 0.490 e. The quantitative estimate of drug-likeness (QED) is 0.848. The number of rotatable bonds is 4. The van der Waals surface area contributed by atoms with E-state index in [1.54, 1.807) is 12.1 Å². The fourth-order valence-corrected chi connectivity index (χ4v) is 2.74. The van der Waals surface area contributed by atoms with Gasteiger partial charge in [0.15, 0.2) is 11.5 Å². The number of aryl methyl sites for hydroxylation is 1. The van der Waals surface area contributed by atoms with E-state index in [9.17, 15) is 0 Å². The molecule has 106 valence electrons. The van der Waals surface area contributed by atoms with Crippen LogP contribution in [0.3, 0.4) is 0 Å². The maximum atomic E-state index is 8.99. The van der Waals surface area contributed by atoms with Gasteiger partial charge in [0.1, 0.15) is 6.10 Å². The number of benzene rings is 2. The Labute approximate surface area is 124 Å². The molecule has 0 heterocycles. The van der Waals surface area contributed by atoms with Gasteiger partial charge in [-0.05, 0) is 43.0 Å². The highest BCUT2D eigenvalue weighted by Gasteiger charge is 2.24. The molecule has 1 atom stereocenters. The van der Waals surface area contributed by atoms with Crippen LogP contribution in [0.4, 0.5) is 0 Å². The fourth-order valence-electron chi connectivity index (χ4n) is 2.74. The highest BCUT2D eigenvalue weighted by molar-refractivity contribution is 5.47. The van der Waals surface area contributed by atoms with E-state index in [4.69, 9.17) is 14.7 Å². The molecule has 3 nitrogen and oxygen atoms in total. The van der Waals surface area contributed by atoms with Crippen molar-refractivity contribution in [2.24, 2.45) is 0 Å². The third-order valence-corrected chi connectivity index (χ3v) is 3.72. The van der Waals surface area contributed by atoms with Crippen LogP contribution in [-0.2, 0) is 6.42 Å². The lowest BCUT2D eigenvalue weighted by atomic mass is 10.1. The normalized spacial score (nSPS) is 16.1.